The van der Waals surface area contributed by atoms with Crippen molar-refractivity contribution in [3.8, 4) is 16.9 Å². The number of nitrogens with zero attached hydrogens (tertiary/aromatic N) is 1. The average molecular weight is 517 g/mol. The number of rotatable bonds is 7. The molecule has 0 saturated carbocycles. The summed E-state index contributed by atoms with van der Waals surface area (Å²) in [5.41, 5.74) is 3.30. The van der Waals surface area contributed by atoms with Crippen molar-refractivity contribution in [2.75, 3.05) is 13.7 Å². The van der Waals surface area contributed by atoms with Crippen molar-refractivity contribution in [2.24, 2.45) is 0 Å². The first-order valence-corrected chi connectivity index (χ1v) is 13.2. The average Bonchev–Trinajstić information content (AvgIpc) is 3.33. The van der Waals surface area contributed by atoms with Crippen LogP contribution in [0.2, 0.25) is 0 Å². The van der Waals surface area contributed by atoms with Crippen LogP contribution in [0.1, 0.15) is 16.8 Å². The van der Waals surface area contributed by atoms with Gasteiger partial charge in [-0.3, -0.25) is 4.79 Å². The maximum absolute atomic E-state index is 13.6. The maximum atomic E-state index is 13.6. The number of fused-ring (bicyclic) bond motifs is 1. The van der Waals surface area contributed by atoms with Gasteiger partial charge in [-0.25, -0.2) is 16.8 Å². The molecule has 1 heterocycles. The number of ether oxygens (including phenoxy) is 1. The predicted octanol–water partition coefficient (Wildman–Crippen LogP) is 5.51. The van der Waals surface area contributed by atoms with Gasteiger partial charge in [0.1, 0.15) is 11.9 Å². The van der Waals surface area contributed by atoms with Crippen molar-refractivity contribution >= 4 is 26.8 Å². The van der Waals surface area contributed by atoms with E-state index in [1.807, 2.05) is 36.4 Å². The molecule has 1 aliphatic carbocycles. The molecule has 4 aromatic rings. The minimum absolute atomic E-state index is 0.0638. The van der Waals surface area contributed by atoms with Crippen LogP contribution in [0.3, 0.4) is 0 Å². The van der Waals surface area contributed by atoms with E-state index in [2.05, 4.69) is 5.32 Å². The lowest BCUT2D eigenvalue weighted by Gasteiger charge is -2.11. The van der Waals surface area contributed by atoms with Gasteiger partial charge in [0.05, 0.1) is 17.5 Å². The summed E-state index contributed by atoms with van der Waals surface area (Å²) in [6.07, 6.45) is 5.79. The molecule has 1 aromatic heterocycles. The normalized spacial score (nSPS) is 15.4. The number of amides is 1. The molecule has 0 fully saturated rings. The molecule has 0 saturated heterocycles. The van der Waals surface area contributed by atoms with Gasteiger partial charge in [0, 0.05) is 35.7 Å². The second kappa shape index (κ2) is 10.1. The molecule has 5 rings (SSSR count). The lowest BCUT2D eigenvalue weighted by Crippen LogP contribution is -2.26. The molecule has 1 unspecified atom stereocenters. The Kier molecular flexibility index (Phi) is 6.67. The molecule has 37 heavy (non-hydrogen) atoms. The smallest absolute Gasteiger partial charge is 0.268 e. The van der Waals surface area contributed by atoms with Gasteiger partial charge in [-0.1, -0.05) is 48.6 Å². The van der Waals surface area contributed by atoms with Crippen molar-refractivity contribution in [3.63, 3.8) is 0 Å². The van der Waals surface area contributed by atoms with Crippen LogP contribution in [-0.4, -0.2) is 38.1 Å². The van der Waals surface area contributed by atoms with E-state index in [-0.39, 0.29) is 17.3 Å². The van der Waals surface area contributed by atoms with Crippen LogP contribution in [0.4, 0.5) is 4.39 Å². The molecule has 3 aromatic carbocycles. The van der Waals surface area contributed by atoms with Gasteiger partial charge < -0.3 is 10.1 Å². The lowest BCUT2D eigenvalue weighted by atomic mass is 10.0. The predicted molar refractivity (Wildman–Crippen MR) is 142 cm³/mol. The number of allylic oxidation sites excluding steroid dienone is 2. The molecule has 6 nitrogen and oxygen atoms in total. The van der Waals surface area contributed by atoms with Crippen molar-refractivity contribution in [1.29, 1.82) is 0 Å². The Hall–Kier alpha value is -4.17. The fourth-order valence-electron chi connectivity index (χ4n) is 4.32. The summed E-state index contributed by atoms with van der Waals surface area (Å²) >= 11 is 0. The number of benzene rings is 3. The first-order valence-electron chi connectivity index (χ1n) is 11.8. The van der Waals surface area contributed by atoms with E-state index in [1.165, 1.54) is 34.3 Å². The quantitative estimate of drug-likeness (QED) is 0.352. The van der Waals surface area contributed by atoms with Crippen molar-refractivity contribution in [2.45, 2.75) is 17.5 Å². The molecule has 1 aliphatic rings. The van der Waals surface area contributed by atoms with Crippen molar-refractivity contribution in [3.05, 3.63) is 108 Å². The minimum atomic E-state index is -3.95. The number of alkyl halides is 1. The zero-order chi connectivity index (χ0) is 26.0. The van der Waals surface area contributed by atoms with E-state index in [9.17, 15) is 17.6 Å². The number of hydrogen-bond donors (Lipinski definition) is 1. The molecule has 1 N–H and O–H groups in total. The Bertz CT molecular complexity index is 1640. The highest BCUT2D eigenvalue weighted by atomic mass is 32.2. The third-order valence-electron chi connectivity index (χ3n) is 6.31. The van der Waals surface area contributed by atoms with Gasteiger partial charge >= 0.3 is 0 Å². The number of methoxy groups -OCH3 is 1. The van der Waals surface area contributed by atoms with Gasteiger partial charge in [0.2, 0.25) is 0 Å². The molecular weight excluding hydrogens is 491 g/mol. The first-order chi connectivity index (χ1) is 17.9. The highest BCUT2D eigenvalue weighted by Gasteiger charge is 2.22. The Labute approximate surface area is 214 Å². The number of carbonyl (C=O) groups excluding carboxylic acids is 1. The summed E-state index contributed by atoms with van der Waals surface area (Å²) in [4.78, 5) is 12.6. The van der Waals surface area contributed by atoms with Gasteiger partial charge in [0.25, 0.3) is 15.9 Å². The summed E-state index contributed by atoms with van der Waals surface area (Å²) in [7, 11) is -2.36. The van der Waals surface area contributed by atoms with Crippen LogP contribution in [-0.2, 0) is 10.0 Å². The number of carbonyl (C=O) groups is 1. The molecule has 0 aliphatic heterocycles. The highest BCUT2D eigenvalue weighted by Crippen LogP contribution is 2.34. The summed E-state index contributed by atoms with van der Waals surface area (Å²) in [6, 6.07) is 20.6. The SMILES string of the molecule is COc1cccc(-c2cn(S(=O)(=O)c3ccc(C(=O)NCC4=CCC(F)C=C4)cc3)c3ccccc23)c1. The largest absolute Gasteiger partial charge is 0.497 e. The van der Waals surface area contributed by atoms with Crippen molar-refractivity contribution in [1.82, 2.24) is 9.29 Å². The summed E-state index contributed by atoms with van der Waals surface area (Å²) in [5, 5.41) is 3.57. The number of para-hydroxylation sites is 1. The van der Waals surface area contributed by atoms with Gasteiger partial charge in [-0.05, 0) is 53.6 Å². The topological polar surface area (TPSA) is 77.4 Å². The molecule has 1 atom stereocenters. The molecule has 0 spiro atoms. The molecule has 0 bridgehead atoms. The molecule has 1 amide bonds. The van der Waals surface area contributed by atoms with E-state index < -0.39 is 16.2 Å². The van der Waals surface area contributed by atoms with Gasteiger partial charge in [-0.2, -0.15) is 0 Å². The number of aromatic nitrogens is 1. The van der Waals surface area contributed by atoms with Gasteiger partial charge in [-0.15, -0.1) is 0 Å². The fourth-order valence-corrected chi connectivity index (χ4v) is 5.68. The molecule has 8 heteroatoms. The summed E-state index contributed by atoms with van der Waals surface area (Å²) < 4.78 is 47.1. The maximum Gasteiger partial charge on any atom is 0.268 e. The van der Waals surface area contributed by atoms with Crippen LogP contribution in [0, 0.1) is 0 Å². The zero-order valence-corrected chi connectivity index (χ0v) is 20.9. The number of nitrogens with one attached hydrogen (secondary N) is 1. The minimum Gasteiger partial charge on any atom is -0.497 e. The number of halogens is 1. The van der Waals surface area contributed by atoms with E-state index in [4.69, 9.17) is 4.74 Å². The monoisotopic (exact) mass is 516 g/mol. The lowest BCUT2D eigenvalue weighted by molar-refractivity contribution is 0.0957. The summed E-state index contributed by atoms with van der Waals surface area (Å²) in [5.74, 6) is 0.334. The number of hydrogen-bond acceptors (Lipinski definition) is 4. The first kappa shape index (κ1) is 24.5. The van der Waals surface area contributed by atoms with E-state index in [1.54, 1.807) is 37.6 Å². The van der Waals surface area contributed by atoms with Crippen LogP contribution in [0.15, 0.2) is 108 Å². The zero-order valence-electron chi connectivity index (χ0n) is 20.1. The third-order valence-corrected chi connectivity index (χ3v) is 8.00. The molecule has 188 valence electrons. The third kappa shape index (κ3) is 4.93. The Morgan fingerprint density at radius 3 is 2.59 bits per heavy atom. The van der Waals surface area contributed by atoms with E-state index in [0.29, 0.717) is 23.3 Å². The Morgan fingerprint density at radius 1 is 1.08 bits per heavy atom. The van der Waals surface area contributed by atoms with Crippen LogP contribution in [0.5, 0.6) is 5.75 Å². The van der Waals surface area contributed by atoms with E-state index >= 15 is 0 Å². The second-order valence-corrected chi connectivity index (χ2v) is 10.5. The van der Waals surface area contributed by atoms with Crippen LogP contribution < -0.4 is 10.1 Å². The van der Waals surface area contributed by atoms with Gasteiger partial charge in [0.15, 0.2) is 0 Å². The Balaban J connectivity index is 1.42. The van der Waals surface area contributed by atoms with Crippen molar-refractivity contribution < 1.29 is 22.3 Å². The summed E-state index contributed by atoms with van der Waals surface area (Å²) in [6.45, 7) is 0.268. The second-order valence-electron chi connectivity index (χ2n) is 8.69. The molecule has 0 radical (unpaired) electrons. The van der Waals surface area contributed by atoms with E-state index in [0.717, 1.165) is 22.1 Å². The molecular formula is C29H25FN2O4S. The Morgan fingerprint density at radius 2 is 1.86 bits per heavy atom. The van der Waals surface area contributed by atoms with Crippen LogP contribution in [0.25, 0.3) is 22.0 Å². The van der Waals surface area contributed by atoms with Crippen LogP contribution >= 0.6 is 0 Å². The standard InChI is InChI=1S/C29H25FN2O4S/c1-36-24-6-4-5-22(17-24)27-19-32(28-8-3-2-7-26(27)28)37(34,35)25-15-11-21(12-16-25)29(33)31-18-20-9-13-23(30)14-10-20/h2-13,15-17,19,23H,14,18H2,1H3,(H,31,33). The highest BCUT2D eigenvalue weighted by molar-refractivity contribution is 7.90. The fraction of sp³-hybridized carbons (Fsp3) is 0.138.